The van der Waals surface area contributed by atoms with Gasteiger partial charge in [0.15, 0.2) is 0 Å². The third kappa shape index (κ3) is 4.98. The molecule has 2 N–H and O–H groups in total. The van der Waals surface area contributed by atoms with E-state index in [1.54, 1.807) is 24.2 Å². The standard InChI is InChI=1S/C26H25N5OS2/c1-18-3-7-20(8-4-18)31-24(15-23(30-31)26(2)16-33-17-26)29-25(32)28-19-5-9-21(10-6-19)34-22-11-13-27-14-12-22/h3-15H,16-17H2,1-2H3,(H2,28,29,32). The molecule has 5 rings (SSSR count). The highest BCUT2D eigenvalue weighted by molar-refractivity contribution is 8.00. The van der Waals surface area contributed by atoms with Crippen molar-refractivity contribution in [3.63, 3.8) is 0 Å². The minimum absolute atomic E-state index is 0.0375. The van der Waals surface area contributed by atoms with Crippen molar-refractivity contribution in [3.05, 3.63) is 90.4 Å². The zero-order chi connectivity index (χ0) is 23.5. The zero-order valence-corrected chi connectivity index (χ0v) is 20.6. The van der Waals surface area contributed by atoms with Crippen LogP contribution in [0.2, 0.25) is 0 Å². The summed E-state index contributed by atoms with van der Waals surface area (Å²) < 4.78 is 1.82. The number of pyridine rings is 1. The number of anilines is 2. The SMILES string of the molecule is Cc1ccc(-n2nc(C3(C)CSC3)cc2NC(=O)Nc2ccc(Sc3ccncc3)cc2)cc1. The van der Waals surface area contributed by atoms with E-state index < -0.39 is 0 Å². The van der Waals surface area contributed by atoms with Gasteiger partial charge in [0.05, 0.1) is 11.4 Å². The van der Waals surface area contributed by atoms with Gasteiger partial charge in [-0.3, -0.25) is 10.3 Å². The van der Waals surface area contributed by atoms with Gasteiger partial charge < -0.3 is 5.32 Å². The summed E-state index contributed by atoms with van der Waals surface area (Å²) in [5.74, 6) is 2.72. The summed E-state index contributed by atoms with van der Waals surface area (Å²) in [5.41, 5.74) is 3.85. The lowest BCUT2D eigenvalue weighted by Gasteiger charge is -2.35. The highest BCUT2D eigenvalue weighted by Gasteiger charge is 2.37. The molecule has 6 nitrogen and oxygen atoms in total. The van der Waals surface area contributed by atoms with Crippen molar-refractivity contribution < 1.29 is 4.79 Å². The number of urea groups is 1. The predicted octanol–water partition coefficient (Wildman–Crippen LogP) is 6.38. The van der Waals surface area contributed by atoms with Crippen molar-refractivity contribution in [3.8, 4) is 5.69 Å². The highest BCUT2D eigenvalue weighted by atomic mass is 32.2. The van der Waals surface area contributed by atoms with Gasteiger partial charge in [-0.2, -0.15) is 16.9 Å². The van der Waals surface area contributed by atoms with E-state index in [1.807, 2.05) is 83.2 Å². The van der Waals surface area contributed by atoms with Crippen LogP contribution in [0.25, 0.3) is 5.69 Å². The number of aryl methyl sites for hydroxylation is 1. The number of nitrogens with zero attached hydrogens (tertiary/aromatic N) is 3. The predicted molar refractivity (Wildman–Crippen MR) is 140 cm³/mol. The second kappa shape index (κ2) is 9.56. The van der Waals surface area contributed by atoms with Crippen molar-refractivity contribution in [2.45, 2.75) is 29.1 Å². The molecule has 1 saturated heterocycles. The smallest absolute Gasteiger partial charge is 0.308 e. The molecule has 0 atom stereocenters. The van der Waals surface area contributed by atoms with Gasteiger partial charge in [-0.1, -0.05) is 36.4 Å². The molecule has 1 aliphatic heterocycles. The van der Waals surface area contributed by atoms with Crippen LogP contribution in [0.4, 0.5) is 16.3 Å². The third-order valence-electron chi connectivity index (χ3n) is 5.69. The second-order valence-electron chi connectivity index (χ2n) is 8.60. The number of thioether (sulfide) groups is 1. The number of benzene rings is 2. The van der Waals surface area contributed by atoms with Crippen LogP contribution in [-0.2, 0) is 5.41 Å². The van der Waals surface area contributed by atoms with Crippen molar-refractivity contribution in [2.24, 2.45) is 0 Å². The Morgan fingerprint density at radius 1 is 0.971 bits per heavy atom. The molecule has 0 bridgehead atoms. The van der Waals surface area contributed by atoms with Gasteiger partial charge in [0.25, 0.3) is 0 Å². The normalized spacial score (nSPS) is 14.3. The lowest BCUT2D eigenvalue weighted by molar-refractivity contribution is 0.262. The van der Waals surface area contributed by atoms with Crippen LogP contribution in [0, 0.1) is 6.92 Å². The maximum Gasteiger partial charge on any atom is 0.324 e. The monoisotopic (exact) mass is 487 g/mol. The molecule has 34 heavy (non-hydrogen) atoms. The molecule has 0 radical (unpaired) electrons. The zero-order valence-electron chi connectivity index (χ0n) is 19.0. The maximum atomic E-state index is 12.9. The van der Waals surface area contributed by atoms with E-state index in [0.29, 0.717) is 5.82 Å². The first kappa shape index (κ1) is 22.6. The Hall–Kier alpha value is -3.23. The van der Waals surface area contributed by atoms with Gasteiger partial charge in [0.2, 0.25) is 0 Å². The minimum Gasteiger partial charge on any atom is -0.308 e. The Bertz CT molecular complexity index is 1280. The van der Waals surface area contributed by atoms with E-state index in [2.05, 4.69) is 29.5 Å². The number of hydrogen-bond acceptors (Lipinski definition) is 5. The molecule has 0 spiro atoms. The average molecular weight is 488 g/mol. The van der Waals surface area contributed by atoms with Gasteiger partial charge in [-0.05, 0) is 55.5 Å². The molecule has 0 saturated carbocycles. The molecule has 4 aromatic rings. The quantitative estimate of drug-likeness (QED) is 0.330. The number of carbonyl (C=O) groups excluding carboxylic acids is 1. The Labute approximate surface area is 207 Å². The molecule has 1 aliphatic rings. The molecule has 2 aromatic carbocycles. The summed E-state index contributed by atoms with van der Waals surface area (Å²) in [7, 11) is 0. The van der Waals surface area contributed by atoms with Crippen LogP contribution in [0.1, 0.15) is 18.2 Å². The average Bonchev–Trinajstić information content (AvgIpc) is 3.24. The van der Waals surface area contributed by atoms with Crippen LogP contribution >= 0.6 is 23.5 Å². The Morgan fingerprint density at radius 3 is 2.29 bits per heavy atom. The third-order valence-corrected chi connectivity index (χ3v) is 8.39. The fraction of sp³-hybridized carbons (Fsp3) is 0.192. The summed E-state index contributed by atoms with van der Waals surface area (Å²) in [5, 5.41) is 10.8. The number of amides is 2. The number of aromatic nitrogens is 3. The lowest BCUT2D eigenvalue weighted by atomic mass is 9.91. The lowest BCUT2D eigenvalue weighted by Crippen LogP contribution is -2.37. The largest absolute Gasteiger partial charge is 0.324 e. The molecule has 2 aromatic heterocycles. The van der Waals surface area contributed by atoms with E-state index in [-0.39, 0.29) is 11.4 Å². The molecule has 3 heterocycles. The van der Waals surface area contributed by atoms with Crippen molar-refractivity contribution >= 4 is 41.1 Å². The summed E-state index contributed by atoms with van der Waals surface area (Å²) in [6.45, 7) is 4.28. The Kier molecular flexibility index (Phi) is 6.34. The van der Waals surface area contributed by atoms with E-state index in [1.165, 1.54) is 5.56 Å². The molecule has 0 unspecified atom stereocenters. The van der Waals surface area contributed by atoms with E-state index in [9.17, 15) is 4.79 Å². The fourth-order valence-corrected chi connectivity index (χ4v) is 5.55. The molecule has 2 amide bonds. The summed E-state index contributed by atoms with van der Waals surface area (Å²) in [6, 6.07) is 21.6. The minimum atomic E-state index is -0.303. The topological polar surface area (TPSA) is 71.8 Å². The molecule has 172 valence electrons. The number of nitrogens with one attached hydrogen (secondary N) is 2. The van der Waals surface area contributed by atoms with Gasteiger partial charge >= 0.3 is 6.03 Å². The van der Waals surface area contributed by atoms with Gasteiger partial charge in [-0.25, -0.2) is 9.48 Å². The van der Waals surface area contributed by atoms with Crippen LogP contribution in [0.3, 0.4) is 0 Å². The molecule has 0 aliphatic carbocycles. The molecular formula is C26H25N5OS2. The molecule has 8 heteroatoms. The van der Waals surface area contributed by atoms with Gasteiger partial charge in [0.1, 0.15) is 5.82 Å². The molecular weight excluding hydrogens is 462 g/mol. The summed E-state index contributed by atoms with van der Waals surface area (Å²) in [4.78, 5) is 19.1. The van der Waals surface area contributed by atoms with Crippen molar-refractivity contribution in [1.29, 1.82) is 0 Å². The summed E-state index contributed by atoms with van der Waals surface area (Å²) in [6.07, 6.45) is 3.55. The van der Waals surface area contributed by atoms with E-state index in [0.717, 1.165) is 38.4 Å². The van der Waals surface area contributed by atoms with Crippen molar-refractivity contribution in [2.75, 3.05) is 22.1 Å². The van der Waals surface area contributed by atoms with Crippen LogP contribution in [0.15, 0.2) is 88.9 Å². The van der Waals surface area contributed by atoms with Crippen LogP contribution in [-0.4, -0.2) is 32.3 Å². The Balaban J connectivity index is 1.31. The van der Waals surface area contributed by atoms with Crippen LogP contribution < -0.4 is 10.6 Å². The summed E-state index contributed by atoms with van der Waals surface area (Å²) >= 11 is 3.56. The number of hydrogen-bond donors (Lipinski definition) is 2. The first-order chi connectivity index (χ1) is 16.5. The first-order valence-corrected chi connectivity index (χ1v) is 13.0. The van der Waals surface area contributed by atoms with E-state index in [4.69, 9.17) is 5.10 Å². The van der Waals surface area contributed by atoms with Gasteiger partial charge in [0, 0.05) is 50.9 Å². The second-order valence-corrected chi connectivity index (χ2v) is 10.7. The number of carbonyl (C=O) groups is 1. The number of rotatable bonds is 6. The molecule has 1 fully saturated rings. The van der Waals surface area contributed by atoms with Crippen LogP contribution in [0.5, 0.6) is 0 Å². The maximum absolute atomic E-state index is 12.9. The van der Waals surface area contributed by atoms with E-state index >= 15 is 0 Å². The van der Waals surface area contributed by atoms with Crippen molar-refractivity contribution in [1.82, 2.24) is 14.8 Å². The Morgan fingerprint density at radius 2 is 1.65 bits per heavy atom. The van der Waals surface area contributed by atoms with Gasteiger partial charge in [-0.15, -0.1) is 0 Å². The fourth-order valence-electron chi connectivity index (χ4n) is 3.63. The highest BCUT2D eigenvalue weighted by Crippen LogP contribution is 2.41. The first-order valence-electron chi connectivity index (χ1n) is 11.0.